The topological polar surface area (TPSA) is 79.1 Å². The van der Waals surface area contributed by atoms with Crippen LogP contribution in [-0.2, 0) is 9.53 Å². The fraction of sp³-hybridized carbons (Fsp3) is 0.321. The molecule has 1 atom stereocenters. The number of aromatic nitrogens is 1. The normalized spacial score (nSPS) is 15.6. The van der Waals surface area contributed by atoms with Gasteiger partial charge in [-0.3, -0.25) is 9.36 Å². The third-order valence-corrected chi connectivity index (χ3v) is 6.86. The fourth-order valence-corrected chi connectivity index (χ4v) is 5.31. The Morgan fingerprint density at radius 1 is 1.11 bits per heavy atom. The van der Waals surface area contributed by atoms with E-state index in [0.717, 1.165) is 5.56 Å². The number of allylic oxidation sites excluding steroid dienone is 1. The molecule has 7 nitrogen and oxygen atoms in total. The molecule has 0 bridgehead atoms. The van der Waals surface area contributed by atoms with Crippen molar-refractivity contribution in [2.75, 3.05) is 7.11 Å². The van der Waals surface area contributed by atoms with Gasteiger partial charge in [0.1, 0.15) is 11.5 Å². The number of thiazole rings is 1. The molecular weight excluding hydrogens is 512 g/mol. The van der Waals surface area contributed by atoms with E-state index >= 15 is 0 Å². The molecule has 0 saturated carbocycles. The molecule has 0 spiro atoms. The van der Waals surface area contributed by atoms with Crippen LogP contribution in [0.25, 0.3) is 6.08 Å². The average Bonchev–Trinajstić information content (AvgIpc) is 3.13. The number of methoxy groups -OCH3 is 1. The van der Waals surface area contributed by atoms with Gasteiger partial charge in [0.25, 0.3) is 5.56 Å². The second-order valence-corrected chi connectivity index (χ2v) is 10.6. The van der Waals surface area contributed by atoms with Crippen LogP contribution in [-0.4, -0.2) is 29.9 Å². The van der Waals surface area contributed by atoms with Crippen molar-refractivity contribution < 1.29 is 19.0 Å². The van der Waals surface area contributed by atoms with Gasteiger partial charge in [-0.05, 0) is 76.6 Å². The van der Waals surface area contributed by atoms with E-state index in [1.807, 2.05) is 26.0 Å². The summed E-state index contributed by atoms with van der Waals surface area (Å²) in [7, 11) is 1.58. The van der Waals surface area contributed by atoms with Crippen molar-refractivity contribution in [3.05, 3.63) is 89.6 Å². The molecule has 4 rings (SSSR count). The Bertz CT molecular complexity index is 1530. The highest BCUT2D eigenvalue weighted by Crippen LogP contribution is 2.32. The molecule has 9 heteroatoms. The summed E-state index contributed by atoms with van der Waals surface area (Å²) < 4.78 is 18.8. The van der Waals surface area contributed by atoms with Crippen LogP contribution in [0.3, 0.4) is 0 Å². The van der Waals surface area contributed by atoms with E-state index in [2.05, 4.69) is 4.99 Å². The second-order valence-electron chi connectivity index (χ2n) is 9.16. The lowest BCUT2D eigenvalue weighted by Gasteiger charge is -2.25. The number of fused-ring (bicyclic) bond motifs is 1. The van der Waals surface area contributed by atoms with Gasteiger partial charge in [-0.2, -0.15) is 0 Å². The maximum absolute atomic E-state index is 13.8. The Hall–Kier alpha value is -3.36. The van der Waals surface area contributed by atoms with Crippen molar-refractivity contribution >= 4 is 35.0 Å². The highest BCUT2D eigenvalue weighted by Gasteiger charge is 2.33. The molecule has 0 unspecified atom stereocenters. The summed E-state index contributed by atoms with van der Waals surface area (Å²) in [6.07, 6.45) is 1.38. The number of carbonyl (C=O) groups excluding carboxylic acids is 1. The molecule has 1 aliphatic rings. The summed E-state index contributed by atoms with van der Waals surface area (Å²) in [6, 6.07) is 11.9. The van der Waals surface area contributed by atoms with Crippen LogP contribution in [0.15, 0.2) is 63.5 Å². The Labute approximate surface area is 224 Å². The van der Waals surface area contributed by atoms with Gasteiger partial charge in [0.2, 0.25) is 0 Å². The third kappa shape index (κ3) is 5.65. The Kier molecular flexibility index (Phi) is 7.90. The van der Waals surface area contributed by atoms with E-state index in [1.165, 1.54) is 11.3 Å². The lowest BCUT2D eigenvalue weighted by atomic mass is 9.96. The molecule has 1 aromatic heterocycles. The molecule has 0 aliphatic carbocycles. The highest BCUT2D eigenvalue weighted by molar-refractivity contribution is 7.07. The van der Waals surface area contributed by atoms with Crippen LogP contribution in [0.1, 0.15) is 51.8 Å². The van der Waals surface area contributed by atoms with Crippen LogP contribution < -0.4 is 24.4 Å². The van der Waals surface area contributed by atoms with Crippen LogP contribution in [0.4, 0.5) is 0 Å². The SMILES string of the molecule is COc1ccc([C@@H]2C(C(=O)OC(C)C)=C(C)N=c3s/c(=C/c4cc(Cl)ccc4OC(C)C)c(=O)n32)cc1. The van der Waals surface area contributed by atoms with E-state index in [-0.39, 0.29) is 17.8 Å². The van der Waals surface area contributed by atoms with Crippen LogP contribution in [0.2, 0.25) is 5.02 Å². The van der Waals surface area contributed by atoms with Gasteiger partial charge < -0.3 is 14.2 Å². The van der Waals surface area contributed by atoms with Gasteiger partial charge >= 0.3 is 5.97 Å². The minimum Gasteiger partial charge on any atom is -0.497 e. The standard InChI is InChI=1S/C28H29ClN2O5S/c1-15(2)35-22-12-9-20(29)13-19(22)14-23-26(32)31-25(18-7-10-21(34-6)11-8-18)24(27(33)36-16(3)4)17(5)30-28(31)37-23/h7-16,25H,1-6H3/b23-14+/t25-/m1/s1. The van der Waals surface area contributed by atoms with Crippen molar-refractivity contribution in [1.82, 2.24) is 4.57 Å². The first-order valence-electron chi connectivity index (χ1n) is 11.9. The summed E-state index contributed by atoms with van der Waals surface area (Å²) in [5.74, 6) is 0.782. The van der Waals surface area contributed by atoms with Gasteiger partial charge in [-0.15, -0.1) is 0 Å². The monoisotopic (exact) mass is 540 g/mol. The number of ether oxygens (including phenoxy) is 3. The first-order chi connectivity index (χ1) is 17.6. The van der Waals surface area contributed by atoms with E-state index in [9.17, 15) is 9.59 Å². The third-order valence-electron chi connectivity index (χ3n) is 5.64. The molecule has 37 heavy (non-hydrogen) atoms. The van der Waals surface area contributed by atoms with Crippen LogP contribution in [0, 0.1) is 0 Å². The van der Waals surface area contributed by atoms with E-state index < -0.39 is 12.0 Å². The summed E-state index contributed by atoms with van der Waals surface area (Å²) in [6.45, 7) is 9.19. The van der Waals surface area contributed by atoms with Gasteiger partial charge in [0.15, 0.2) is 4.80 Å². The Morgan fingerprint density at radius 3 is 2.43 bits per heavy atom. The van der Waals surface area contributed by atoms with Crippen molar-refractivity contribution in [2.24, 2.45) is 4.99 Å². The number of rotatable bonds is 7. The predicted molar refractivity (Wildman–Crippen MR) is 145 cm³/mol. The van der Waals surface area contributed by atoms with Crippen molar-refractivity contribution in [3.8, 4) is 11.5 Å². The number of benzene rings is 2. The van der Waals surface area contributed by atoms with Crippen LogP contribution >= 0.6 is 22.9 Å². The number of esters is 1. The minimum absolute atomic E-state index is 0.0539. The molecule has 0 N–H and O–H groups in total. The Morgan fingerprint density at radius 2 is 1.81 bits per heavy atom. The second kappa shape index (κ2) is 10.9. The molecule has 194 valence electrons. The number of carbonyl (C=O) groups is 1. The van der Waals surface area contributed by atoms with Crippen molar-refractivity contribution in [3.63, 3.8) is 0 Å². The Balaban J connectivity index is 1.94. The minimum atomic E-state index is -0.707. The summed E-state index contributed by atoms with van der Waals surface area (Å²) >= 11 is 7.51. The molecule has 2 heterocycles. The van der Waals surface area contributed by atoms with E-state index in [4.69, 9.17) is 25.8 Å². The van der Waals surface area contributed by atoms with Crippen molar-refractivity contribution in [2.45, 2.75) is 52.9 Å². The molecule has 1 aliphatic heterocycles. The number of halogens is 1. The molecule has 0 radical (unpaired) electrons. The summed E-state index contributed by atoms with van der Waals surface area (Å²) in [5, 5.41) is 0.529. The lowest BCUT2D eigenvalue weighted by molar-refractivity contribution is -0.143. The van der Waals surface area contributed by atoms with Crippen LogP contribution in [0.5, 0.6) is 11.5 Å². The van der Waals surface area contributed by atoms with Gasteiger partial charge in [0.05, 0.1) is 41.2 Å². The predicted octanol–water partition coefficient (Wildman–Crippen LogP) is 4.64. The zero-order chi connectivity index (χ0) is 26.9. The fourth-order valence-electron chi connectivity index (χ4n) is 4.10. The maximum atomic E-state index is 13.8. The number of hydrogen-bond acceptors (Lipinski definition) is 7. The zero-order valence-corrected chi connectivity index (χ0v) is 23.1. The molecule has 3 aromatic rings. The first kappa shape index (κ1) is 26.7. The average molecular weight is 541 g/mol. The smallest absolute Gasteiger partial charge is 0.338 e. The van der Waals surface area contributed by atoms with Gasteiger partial charge in [-0.25, -0.2) is 9.79 Å². The van der Waals surface area contributed by atoms with E-state index in [1.54, 1.807) is 68.9 Å². The summed E-state index contributed by atoms with van der Waals surface area (Å²) in [5.41, 5.74) is 1.98. The van der Waals surface area contributed by atoms with Gasteiger partial charge in [0, 0.05) is 10.6 Å². The molecule has 2 aromatic carbocycles. The zero-order valence-electron chi connectivity index (χ0n) is 21.6. The van der Waals surface area contributed by atoms with E-state index in [0.29, 0.717) is 42.7 Å². The molecule has 0 amide bonds. The first-order valence-corrected chi connectivity index (χ1v) is 13.1. The largest absolute Gasteiger partial charge is 0.497 e. The maximum Gasteiger partial charge on any atom is 0.338 e. The molecule has 0 saturated heterocycles. The summed E-state index contributed by atoms with van der Waals surface area (Å²) in [4.78, 5) is 32.2. The molecular formula is C28H29ClN2O5S. The highest BCUT2D eigenvalue weighted by atomic mass is 35.5. The number of nitrogens with zero attached hydrogens (tertiary/aromatic N) is 2. The lowest BCUT2D eigenvalue weighted by Crippen LogP contribution is -2.40. The quantitative estimate of drug-likeness (QED) is 0.408. The molecule has 0 fully saturated rings. The van der Waals surface area contributed by atoms with Gasteiger partial charge in [-0.1, -0.05) is 35.1 Å². The number of hydrogen-bond donors (Lipinski definition) is 0. The van der Waals surface area contributed by atoms with Crippen molar-refractivity contribution in [1.29, 1.82) is 0 Å².